The second-order valence-corrected chi connectivity index (χ2v) is 9.33. The summed E-state index contributed by atoms with van der Waals surface area (Å²) in [6.45, 7) is 9.95. The maximum Gasteiger partial charge on any atom is 0.303 e. The van der Waals surface area contributed by atoms with Crippen molar-refractivity contribution in [2.45, 2.75) is 92.1 Å². The number of carboxylic acid groups (broad SMARTS) is 1. The zero-order valence-electron chi connectivity index (χ0n) is 19.4. The highest BCUT2D eigenvalue weighted by Crippen LogP contribution is 2.39. The molecular formula is C25H40O5. The van der Waals surface area contributed by atoms with E-state index in [0.29, 0.717) is 25.7 Å². The molecule has 0 spiro atoms. The number of rotatable bonds is 13. The fraction of sp³-hybridized carbons (Fsp3) is 0.720. The largest absolute Gasteiger partial charge is 0.481 e. The van der Waals surface area contributed by atoms with E-state index >= 15 is 0 Å². The molecule has 0 unspecified atom stereocenters. The van der Waals surface area contributed by atoms with Crippen LogP contribution in [0.15, 0.2) is 24.3 Å². The zero-order valence-corrected chi connectivity index (χ0v) is 19.4. The molecule has 5 nitrogen and oxygen atoms in total. The molecule has 0 radical (unpaired) electrons. The van der Waals surface area contributed by atoms with Gasteiger partial charge in [0.25, 0.3) is 0 Å². The molecule has 0 bridgehead atoms. The Morgan fingerprint density at radius 2 is 1.97 bits per heavy atom. The number of carbonyl (C=O) groups is 3. The van der Waals surface area contributed by atoms with Gasteiger partial charge in [-0.3, -0.25) is 14.4 Å². The van der Waals surface area contributed by atoms with E-state index in [1.807, 2.05) is 18.2 Å². The first-order valence-electron chi connectivity index (χ1n) is 11.3. The van der Waals surface area contributed by atoms with Crippen LogP contribution in [0.4, 0.5) is 0 Å². The molecule has 0 heterocycles. The van der Waals surface area contributed by atoms with E-state index in [2.05, 4.69) is 33.8 Å². The Hall–Kier alpha value is -1.91. The molecule has 0 aromatic heterocycles. The summed E-state index contributed by atoms with van der Waals surface area (Å²) in [5, 5.41) is 8.70. The van der Waals surface area contributed by atoms with Gasteiger partial charge in [0.05, 0.1) is 0 Å². The molecule has 1 aliphatic rings. The number of carboxylic acids is 1. The number of hydrogen-bond donors (Lipinski definition) is 1. The predicted octanol–water partition coefficient (Wildman–Crippen LogP) is 5.73. The number of Topliss-reactive ketones (excluding diaryl/α,β-unsaturated/α-hetero) is 1. The lowest BCUT2D eigenvalue weighted by Gasteiger charge is -2.32. The van der Waals surface area contributed by atoms with E-state index in [4.69, 9.17) is 9.84 Å². The number of esters is 1. The monoisotopic (exact) mass is 420 g/mol. The minimum Gasteiger partial charge on any atom is -0.481 e. The lowest BCUT2D eigenvalue weighted by molar-refractivity contribution is -0.149. The molecule has 1 aliphatic carbocycles. The van der Waals surface area contributed by atoms with Gasteiger partial charge < -0.3 is 9.84 Å². The lowest BCUT2D eigenvalue weighted by Crippen LogP contribution is -2.32. The minimum absolute atomic E-state index is 0.0660. The van der Waals surface area contributed by atoms with Crippen LogP contribution in [0.1, 0.15) is 86.0 Å². The third kappa shape index (κ3) is 8.85. The Balaban J connectivity index is 2.83. The smallest absolute Gasteiger partial charge is 0.303 e. The molecule has 1 fully saturated rings. The minimum atomic E-state index is -0.780. The van der Waals surface area contributed by atoms with Crippen molar-refractivity contribution in [3.8, 4) is 0 Å². The molecule has 1 saturated carbocycles. The van der Waals surface area contributed by atoms with Gasteiger partial charge in [-0.25, -0.2) is 0 Å². The van der Waals surface area contributed by atoms with Crippen LogP contribution in [0.5, 0.6) is 0 Å². The number of ether oxygens (including phenoxy) is 1. The molecule has 1 rings (SSSR count). The highest BCUT2D eigenvalue weighted by molar-refractivity contribution is 5.84. The van der Waals surface area contributed by atoms with Gasteiger partial charge in [0.2, 0.25) is 0 Å². The van der Waals surface area contributed by atoms with Gasteiger partial charge in [-0.15, -0.1) is 0 Å². The van der Waals surface area contributed by atoms with Crippen LogP contribution < -0.4 is 0 Å². The summed E-state index contributed by atoms with van der Waals surface area (Å²) in [5.41, 5.74) is -0.163. The molecule has 0 aliphatic heterocycles. The summed E-state index contributed by atoms with van der Waals surface area (Å²) >= 11 is 0. The molecular weight excluding hydrogens is 380 g/mol. The average Bonchev–Trinajstić information content (AvgIpc) is 2.92. The Morgan fingerprint density at radius 1 is 1.27 bits per heavy atom. The highest BCUT2D eigenvalue weighted by Gasteiger charge is 2.38. The molecule has 30 heavy (non-hydrogen) atoms. The van der Waals surface area contributed by atoms with Crippen molar-refractivity contribution < 1.29 is 24.2 Å². The summed E-state index contributed by atoms with van der Waals surface area (Å²) < 4.78 is 5.64. The average molecular weight is 421 g/mol. The highest BCUT2D eigenvalue weighted by atomic mass is 16.5. The van der Waals surface area contributed by atoms with E-state index in [1.165, 1.54) is 6.92 Å². The molecule has 5 heteroatoms. The van der Waals surface area contributed by atoms with Crippen LogP contribution in [-0.4, -0.2) is 28.9 Å². The number of ketones is 1. The summed E-state index contributed by atoms with van der Waals surface area (Å²) in [6.07, 6.45) is 13.6. The molecule has 0 saturated heterocycles. The number of carbonyl (C=O) groups excluding carboxylic acids is 2. The van der Waals surface area contributed by atoms with E-state index in [9.17, 15) is 14.4 Å². The van der Waals surface area contributed by atoms with Gasteiger partial charge in [-0.1, -0.05) is 58.8 Å². The summed E-state index contributed by atoms with van der Waals surface area (Å²) in [4.78, 5) is 34.8. The molecule has 170 valence electrons. The predicted molar refractivity (Wildman–Crippen MR) is 119 cm³/mol. The van der Waals surface area contributed by atoms with Gasteiger partial charge in [0.15, 0.2) is 0 Å². The first kappa shape index (κ1) is 26.1. The summed E-state index contributed by atoms with van der Waals surface area (Å²) in [5.74, 6) is -0.467. The van der Waals surface area contributed by atoms with Gasteiger partial charge in [0, 0.05) is 31.1 Å². The van der Waals surface area contributed by atoms with Crippen LogP contribution in [0.25, 0.3) is 0 Å². The quantitative estimate of drug-likeness (QED) is 0.234. The Kier molecular flexibility index (Phi) is 11.1. The number of aliphatic carboxylic acids is 1. The first-order chi connectivity index (χ1) is 14.1. The second kappa shape index (κ2) is 12.7. The summed E-state index contributed by atoms with van der Waals surface area (Å²) in [6, 6.07) is 0. The van der Waals surface area contributed by atoms with Crippen LogP contribution in [0.2, 0.25) is 0 Å². The van der Waals surface area contributed by atoms with Crippen molar-refractivity contribution in [2.75, 3.05) is 0 Å². The van der Waals surface area contributed by atoms with Crippen LogP contribution >= 0.6 is 0 Å². The van der Waals surface area contributed by atoms with Crippen molar-refractivity contribution in [1.82, 2.24) is 0 Å². The van der Waals surface area contributed by atoms with Crippen molar-refractivity contribution in [3.05, 3.63) is 24.3 Å². The van der Waals surface area contributed by atoms with Crippen LogP contribution in [-0.2, 0) is 19.1 Å². The standard InChI is InChI=1S/C25H40O5/c1-6-7-16-25(4,5)23(30-19(3)26)15-14-20-18(2)17-22(27)21(20)12-10-8-9-11-13-24(28)29/h8,10,14-15,18,20-21,23H,6-7,9,11-13,16-17H2,1-5H3,(H,28,29)/b10-8+,15-14+/t18-,20+,21-,23-/m1/s1. The molecule has 4 atom stereocenters. The van der Waals surface area contributed by atoms with Crippen LogP contribution in [0.3, 0.4) is 0 Å². The van der Waals surface area contributed by atoms with E-state index in [1.54, 1.807) is 0 Å². The van der Waals surface area contributed by atoms with Gasteiger partial charge >= 0.3 is 11.9 Å². The molecule has 0 aromatic carbocycles. The van der Waals surface area contributed by atoms with E-state index < -0.39 is 5.97 Å². The third-order valence-electron chi connectivity index (χ3n) is 6.12. The fourth-order valence-corrected chi connectivity index (χ4v) is 4.20. The van der Waals surface area contributed by atoms with Crippen LogP contribution in [0, 0.1) is 23.2 Å². The zero-order chi connectivity index (χ0) is 22.7. The number of allylic oxidation sites excluding steroid dienone is 3. The van der Waals surface area contributed by atoms with Gasteiger partial charge in [0.1, 0.15) is 11.9 Å². The topological polar surface area (TPSA) is 80.7 Å². The maximum absolute atomic E-state index is 12.5. The van der Waals surface area contributed by atoms with Gasteiger partial charge in [-0.05, 0) is 43.6 Å². The van der Waals surface area contributed by atoms with Crippen molar-refractivity contribution in [3.63, 3.8) is 0 Å². The Bertz CT molecular complexity index is 631. The Labute approximate surface area is 182 Å². The third-order valence-corrected chi connectivity index (χ3v) is 6.12. The number of hydrogen-bond acceptors (Lipinski definition) is 4. The lowest BCUT2D eigenvalue weighted by atomic mass is 9.79. The van der Waals surface area contributed by atoms with Gasteiger partial charge in [-0.2, -0.15) is 0 Å². The maximum atomic E-state index is 12.5. The Morgan fingerprint density at radius 3 is 2.57 bits per heavy atom. The molecule has 1 N–H and O–H groups in total. The van der Waals surface area contributed by atoms with E-state index in [0.717, 1.165) is 19.3 Å². The molecule has 0 amide bonds. The van der Waals surface area contributed by atoms with Crippen molar-refractivity contribution in [2.24, 2.45) is 23.2 Å². The molecule has 0 aromatic rings. The van der Waals surface area contributed by atoms with E-state index in [-0.39, 0.29) is 47.4 Å². The van der Waals surface area contributed by atoms with Crippen molar-refractivity contribution >= 4 is 17.7 Å². The number of unbranched alkanes of at least 4 members (excludes halogenated alkanes) is 2. The fourth-order valence-electron chi connectivity index (χ4n) is 4.20. The van der Waals surface area contributed by atoms with Crippen molar-refractivity contribution in [1.29, 1.82) is 0 Å². The normalized spacial score (nSPS) is 23.4. The SMILES string of the molecule is CCCCC(C)(C)[C@@H](/C=C/[C@H]1[C@H](C)CC(=O)[C@@H]1C/C=C/CCCC(=O)O)OC(C)=O. The summed E-state index contributed by atoms with van der Waals surface area (Å²) in [7, 11) is 0. The second-order valence-electron chi connectivity index (χ2n) is 9.33. The first-order valence-corrected chi connectivity index (χ1v) is 11.3.